The predicted molar refractivity (Wildman–Crippen MR) is 67.5 cm³/mol. The summed E-state index contributed by atoms with van der Waals surface area (Å²) < 4.78 is 21.8. The van der Waals surface area contributed by atoms with Crippen molar-refractivity contribution in [2.75, 3.05) is 38.2 Å². The normalized spacial score (nSPS) is 16.9. The van der Waals surface area contributed by atoms with E-state index in [1.165, 1.54) is 32.1 Å². The molecule has 5 heteroatoms. The van der Waals surface area contributed by atoms with E-state index in [0.717, 1.165) is 19.1 Å². The van der Waals surface area contributed by atoms with Crippen molar-refractivity contribution in [3.63, 3.8) is 0 Å². The number of sulfone groups is 1. The molecule has 0 atom stereocenters. The molecule has 0 unspecified atom stereocenters. The molecule has 0 radical (unpaired) electrons. The summed E-state index contributed by atoms with van der Waals surface area (Å²) >= 11 is 0. The van der Waals surface area contributed by atoms with E-state index < -0.39 is 9.84 Å². The van der Waals surface area contributed by atoms with Crippen LogP contribution in [-0.2, 0) is 9.84 Å². The van der Waals surface area contributed by atoms with Gasteiger partial charge in [0.2, 0.25) is 0 Å². The Hall–Kier alpha value is -0.130. The van der Waals surface area contributed by atoms with Crippen molar-refractivity contribution < 1.29 is 8.42 Å². The van der Waals surface area contributed by atoms with Gasteiger partial charge in [0.1, 0.15) is 9.84 Å². The summed E-state index contributed by atoms with van der Waals surface area (Å²) in [5, 5.41) is 3.19. The molecule has 1 aliphatic carbocycles. The van der Waals surface area contributed by atoms with Crippen LogP contribution in [0.4, 0.5) is 0 Å². The van der Waals surface area contributed by atoms with Crippen LogP contribution in [-0.4, -0.2) is 57.5 Å². The van der Waals surface area contributed by atoms with Crippen molar-refractivity contribution in [1.82, 2.24) is 10.2 Å². The van der Waals surface area contributed by atoms with Crippen LogP contribution in [0, 0.1) is 0 Å². The summed E-state index contributed by atoms with van der Waals surface area (Å²) in [7, 11) is -2.82. The lowest BCUT2D eigenvalue weighted by atomic mass is 10.4. The second-order valence-corrected chi connectivity index (χ2v) is 6.91. The third-order valence-corrected chi connectivity index (χ3v) is 3.75. The maximum atomic E-state index is 10.9. The molecule has 4 nitrogen and oxygen atoms in total. The standard InChI is InChI=1S/C11H24N2O2S/c1-3-8-13(11-4-5-11)9-6-12-7-10-16(2,14)15/h11-12H,3-10H2,1-2H3. The van der Waals surface area contributed by atoms with E-state index >= 15 is 0 Å². The summed E-state index contributed by atoms with van der Waals surface area (Å²) in [6, 6.07) is 0.802. The number of nitrogens with zero attached hydrogens (tertiary/aromatic N) is 1. The van der Waals surface area contributed by atoms with E-state index in [9.17, 15) is 8.42 Å². The fourth-order valence-electron chi connectivity index (χ4n) is 1.81. The maximum absolute atomic E-state index is 10.9. The monoisotopic (exact) mass is 248 g/mol. The number of hydrogen-bond donors (Lipinski definition) is 1. The van der Waals surface area contributed by atoms with Crippen molar-refractivity contribution in [1.29, 1.82) is 0 Å². The van der Waals surface area contributed by atoms with Crippen molar-refractivity contribution in [2.45, 2.75) is 32.2 Å². The lowest BCUT2D eigenvalue weighted by molar-refractivity contribution is 0.264. The maximum Gasteiger partial charge on any atom is 0.148 e. The first-order chi connectivity index (χ1) is 7.53. The third-order valence-electron chi connectivity index (χ3n) is 2.80. The second kappa shape index (κ2) is 6.57. The van der Waals surface area contributed by atoms with Gasteiger partial charge < -0.3 is 5.32 Å². The summed E-state index contributed by atoms with van der Waals surface area (Å²) in [4.78, 5) is 2.51. The molecule has 0 aliphatic heterocycles. The van der Waals surface area contributed by atoms with Gasteiger partial charge >= 0.3 is 0 Å². The van der Waals surface area contributed by atoms with Gasteiger partial charge in [-0.3, -0.25) is 4.90 Å². The SMILES string of the molecule is CCCN(CCNCCS(C)(=O)=O)C1CC1. The van der Waals surface area contributed by atoms with Crippen LogP contribution < -0.4 is 5.32 Å². The first-order valence-corrected chi connectivity index (χ1v) is 8.21. The van der Waals surface area contributed by atoms with Gasteiger partial charge in [-0.05, 0) is 25.8 Å². The molecule has 0 aromatic heterocycles. The predicted octanol–water partition coefficient (Wildman–Crippen LogP) is 0.495. The van der Waals surface area contributed by atoms with E-state index in [-0.39, 0.29) is 5.75 Å². The van der Waals surface area contributed by atoms with E-state index in [4.69, 9.17) is 0 Å². The van der Waals surface area contributed by atoms with Crippen LogP contribution in [0.15, 0.2) is 0 Å². The molecule has 1 fully saturated rings. The zero-order valence-electron chi connectivity index (χ0n) is 10.4. The molecule has 1 aliphatic rings. The highest BCUT2D eigenvalue weighted by Gasteiger charge is 2.27. The Morgan fingerprint density at radius 3 is 2.44 bits per heavy atom. The minimum Gasteiger partial charge on any atom is -0.314 e. The molecular weight excluding hydrogens is 224 g/mol. The number of nitrogens with one attached hydrogen (secondary N) is 1. The average molecular weight is 248 g/mol. The van der Waals surface area contributed by atoms with Gasteiger partial charge in [-0.25, -0.2) is 8.42 Å². The fourth-order valence-corrected chi connectivity index (χ4v) is 2.32. The third kappa shape index (κ3) is 6.45. The van der Waals surface area contributed by atoms with Gasteiger partial charge in [0.25, 0.3) is 0 Å². The minimum atomic E-state index is -2.82. The molecule has 1 saturated carbocycles. The van der Waals surface area contributed by atoms with E-state index in [0.29, 0.717) is 6.54 Å². The van der Waals surface area contributed by atoms with Crippen LogP contribution in [0.2, 0.25) is 0 Å². The Labute approximate surface area is 99.3 Å². The molecule has 16 heavy (non-hydrogen) atoms. The minimum absolute atomic E-state index is 0.240. The largest absolute Gasteiger partial charge is 0.314 e. The Bertz CT molecular complexity index is 286. The topological polar surface area (TPSA) is 49.4 Å². The summed E-state index contributed by atoms with van der Waals surface area (Å²) in [5.41, 5.74) is 0. The van der Waals surface area contributed by atoms with Gasteiger partial charge in [0.05, 0.1) is 5.75 Å². The molecular formula is C11H24N2O2S. The molecule has 0 aromatic rings. The summed E-state index contributed by atoms with van der Waals surface area (Å²) in [6.07, 6.45) is 5.15. The molecule has 0 spiro atoms. The van der Waals surface area contributed by atoms with Gasteiger partial charge in [-0.2, -0.15) is 0 Å². The van der Waals surface area contributed by atoms with Crippen LogP contribution in [0.3, 0.4) is 0 Å². The first-order valence-electron chi connectivity index (χ1n) is 6.15. The Kier molecular flexibility index (Phi) is 5.72. The van der Waals surface area contributed by atoms with Crippen LogP contribution in [0.5, 0.6) is 0 Å². The molecule has 0 heterocycles. The van der Waals surface area contributed by atoms with Crippen molar-refractivity contribution in [2.24, 2.45) is 0 Å². The molecule has 1 N–H and O–H groups in total. The Balaban J connectivity index is 2.04. The van der Waals surface area contributed by atoms with E-state index in [1.807, 2.05) is 0 Å². The van der Waals surface area contributed by atoms with Crippen molar-refractivity contribution in [3.05, 3.63) is 0 Å². The molecule has 0 aromatic carbocycles. The quantitative estimate of drug-likeness (QED) is 0.604. The summed E-state index contributed by atoms with van der Waals surface area (Å²) in [6.45, 7) is 5.88. The average Bonchev–Trinajstić information content (AvgIpc) is 2.97. The highest BCUT2D eigenvalue weighted by atomic mass is 32.2. The molecule has 96 valence electrons. The molecule has 0 amide bonds. The lowest BCUT2D eigenvalue weighted by Crippen LogP contribution is -2.35. The van der Waals surface area contributed by atoms with E-state index in [1.54, 1.807) is 0 Å². The summed E-state index contributed by atoms with van der Waals surface area (Å²) in [5.74, 6) is 0.240. The molecule has 1 rings (SSSR count). The van der Waals surface area contributed by atoms with Crippen molar-refractivity contribution >= 4 is 9.84 Å². The zero-order chi connectivity index (χ0) is 12.0. The number of hydrogen-bond acceptors (Lipinski definition) is 4. The van der Waals surface area contributed by atoms with Crippen LogP contribution in [0.25, 0.3) is 0 Å². The van der Waals surface area contributed by atoms with Gasteiger partial charge in [0.15, 0.2) is 0 Å². The second-order valence-electron chi connectivity index (χ2n) is 4.65. The van der Waals surface area contributed by atoms with Gasteiger partial charge in [-0.15, -0.1) is 0 Å². The smallest absolute Gasteiger partial charge is 0.148 e. The number of rotatable bonds is 9. The lowest BCUT2D eigenvalue weighted by Gasteiger charge is -2.21. The highest BCUT2D eigenvalue weighted by molar-refractivity contribution is 7.90. The van der Waals surface area contributed by atoms with E-state index in [2.05, 4.69) is 17.1 Å². The van der Waals surface area contributed by atoms with Crippen LogP contribution >= 0.6 is 0 Å². The Morgan fingerprint density at radius 2 is 1.94 bits per heavy atom. The van der Waals surface area contributed by atoms with Gasteiger partial charge in [0, 0.05) is 31.9 Å². The zero-order valence-corrected chi connectivity index (χ0v) is 11.2. The van der Waals surface area contributed by atoms with Crippen molar-refractivity contribution in [3.8, 4) is 0 Å². The van der Waals surface area contributed by atoms with Gasteiger partial charge in [-0.1, -0.05) is 6.92 Å². The highest BCUT2D eigenvalue weighted by Crippen LogP contribution is 2.26. The molecule has 0 bridgehead atoms. The first kappa shape index (κ1) is 13.9. The molecule has 0 saturated heterocycles. The Morgan fingerprint density at radius 1 is 1.25 bits per heavy atom. The van der Waals surface area contributed by atoms with Crippen LogP contribution in [0.1, 0.15) is 26.2 Å². The fraction of sp³-hybridized carbons (Fsp3) is 1.00.